The molecule has 0 radical (unpaired) electrons. The van der Waals surface area contributed by atoms with E-state index >= 15 is 0 Å². The van der Waals surface area contributed by atoms with Gasteiger partial charge in [-0.25, -0.2) is 0 Å². The fraction of sp³-hybridized carbons (Fsp3) is 0.875. The molecule has 0 rings (SSSR count). The van der Waals surface area contributed by atoms with Crippen molar-refractivity contribution in [2.24, 2.45) is 0 Å². The molecule has 0 atom stereocenters. The average molecular weight is 146 g/mol. The summed E-state index contributed by atoms with van der Waals surface area (Å²) in [6.45, 7) is 13.2. The van der Waals surface area contributed by atoms with E-state index in [-0.39, 0.29) is 5.54 Å². The van der Waals surface area contributed by atoms with Crippen LogP contribution < -0.4 is 0 Å². The van der Waals surface area contributed by atoms with Crippen molar-refractivity contribution in [2.45, 2.75) is 46.6 Å². The number of hydroxylamine groups is 1. The first kappa shape index (κ1) is 12.2. The molecule has 0 unspecified atom stereocenters. The summed E-state index contributed by atoms with van der Waals surface area (Å²) in [6, 6.07) is 0. The molecule has 0 saturated carbocycles. The standard InChI is InChI=1S/C6H14NO.C2H6/c1-5-6(2,3)7(4)8;1-2/h8H,4-5H2,1-3H3;1-2H3/q+1;. The molecule has 0 heterocycles. The predicted octanol–water partition coefficient (Wildman–Crippen LogP) is 2.30. The van der Waals surface area contributed by atoms with E-state index in [4.69, 9.17) is 5.21 Å². The number of rotatable bonds is 2. The Hall–Kier alpha value is -0.530. The zero-order valence-corrected chi connectivity index (χ0v) is 7.81. The van der Waals surface area contributed by atoms with Gasteiger partial charge in [-0.3, -0.25) is 5.21 Å². The van der Waals surface area contributed by atoms with Crippen molar-refractivity contribution in [1.29, 1.82) is 0 Å². The van der Waals surface area contributed by atoms with Crippen molar-refractivity contribution >= 4 is 6.72 Å². The predicted molar refractivity (Wildman–Crippen MR) is 44.9 cm³/mol. The molecule has 2 heteroatoms. The topological polar surface area (TPSA) is 23.2 Å². The number of nitrogens with zero attached hydrogens (tertiary/aromatic N) is 1. The van der Waals surface area contributed by atoms with Crippen molar-refractivity contribution in [3.63, 3.8) is 0 Å². The lowest BCUT2D eigenvalue weighted by molar-refractivity contribution is -0.817. The van der Waals surface area contributed by atoms with Crippen LogP contribution in [0.15, 0.2) is 0 Å². The molecule has 0 aromatic rings. The summed E-state index contributed by atoms with van der Waals surface area (Å²) in [7, 11) is 0. The molecular weight excluding hydrogens is 126 g/mol. The normalized spacial score (nSPS) is 9.70. The Kier molecular flexibility index (Phi) is 6.42. The Morgan fingerprint density at radius 3 is 1.70 bits per heavy atom. The van der Waals surface area contributed by atoms with Gasteiger partial charge in [-0.1, -0.05) is 20.8 Å². The third-order valence-corrected chi connectivity index (χ3v) is 1.56. The number of hydrogen-bond donors (Lipinski definition) is 1. The summed E-state index contributed by atoms with van der Waals surface area (Å²) in [5.74, 6) is 0. The molecule has 0 bridgehead atoms. The van der Waals surface area contributed by atoms with Crippen molar-refractivity contribution < 1.29 is 9.95 Å². The van der Waals surface area contributed by atoms with E-state index in [0.717, 1.165) is 11.2 Å². The first-order valence-corrected chi connectivity index (χ1v) is 3.80. The molecule has 0 aliphatic carbocycles. The molecule has 1 N–H and O–H groups in total. The van der Waals surface area contributed by atoms with Crippen LogP contribution in [0.5, 0.6) is 0 Å². The highest BCUT2D eigenvalue weighted by Gasteiger charge is 2.26. The smallest absolute Gasteiger partial charge is 0.204 e. The summed E-state index contributed by atoms with van der Waals surface area (Å²) >= 11 is 0. The van der Waals surface area contributed by atoms with E-state index in [1.807, 2.05) is 34.6 Å². The van der Waals surface area contributed by atoms with E-state index in [1.54, 1.807) is 0 Å². The van der Waals surface area contributed by atoms with Gasteiger partial charge in [0.25, 0.3) is 0 Å². The Labute approximate surface area is 64.2 Å². The second-order valence-electron chi connectivity index (χ2n) is 2.57. The maximum Gasteiger partial charge on any atom is 0.204 e. The highest BCUT2D eigenvalue weighted by atomic mass is 16.5. The van der Waals surface area contributed by atoms with Gasteiger partial charge in [0.2, 0.25) is 5.54 Å². The van der Waals surface area contributed by atoms with Crippen LogP contribution in [-0.4, -0.2) is 22.2 Å². The molecule has 10 heavy (non-hydrogen) atoms. The lowest BCUT2D eigenvalue weighted by Gasteiger charge is -2.11. The molecular formula is C8H20NO+. The number of hydrogen-bond acceptors (Lipinski definition) is 1. The molecule has 0 saturated heterocycles. The van der Waals surface area contributed by atoms with Crippen molar-refractivity contribution in [3.8, 4) is 0 Å². The van der Waals surface area contributed by atoms with Crippen LogP contribution in [0.1, 0.15) is 41.0 Å². The van der Waals surface area contributed by atoms with Crippen molar-refractivity contribution in [1.82, 2.24) is 0 Å². The van der Waals surface area contributed by atoms with Crippen LogP contribution in [-0.2, 0) is 0 Å². The summed E-state index contributed by atoms with van der Waals surface area (Å²) in [5, 5.41) is 8.80. The zero-order chi connectivity index (χ0) is 8.78. The van der Waals surface area contributed by atoms with Crippen LogP contribution in [0.4, 0.5) is 0 Å². The molecule has 0 fully saturated rings. The molecule has 0 spiro atoms. The van der Waals surface area contributed by atoms with Crippen molar-refractivity contribution in [2.75, 3.05) is 0 Å². The maximum atomic E-state index is 8.80. The fourth-order valence-electron chi connectivity index (χ4n) is 0.183. The third kappa shape index (κ3) is 4.36. The van der Waals surface area contributed by atoms with Gasteiger partial charge in [0, 0.05) is 20.3 Å². The maximum absolute atomic E-state index is 8.80. The minimum Gasteiger partial charge on any atom is -0.291 e. The average Bonchev–Trinajstić information content (AvgIpc) is 1.92. The SMILES string of the molecule is C=[N+](O)C(C)(C)CC.CC. The molecule has 0 aliphatic heterocycles. The summed E-state index contributed by atoms with van der Waals surface area (Å²) < 4.78 is 0.993. The van der Waals surface area contributed by atoms with E-state index in [9.17, 15) is 0 Å². The first-order chi connectivity index (χ1) is 4.50. The Morgan fingerprint density at radius 2 is 1.70 bits per heavy atom. The third-order valence-electron chi connectivity index (χ3n) is 1.56. The lowest BCUT2D eigenvalue weighted by Crippen LogP contribution is -2.31. The van der Waals surface area contributed by atoms with Crippen LogP contribution in [0.2, 0.25) is 0 Å². The lowest BCUT2D eigenvalue weighted by atomic mass is 10.0. The largest absolute Gasteiger partial charge is 0.291 e. The van der Waals surface area contributed by atoms with Gasteiger partial charge in [-0.2, -0.15) is 0 Å². The van der Waals surface area contributed by atoms with Crippen LogP contribution in [0, 0.1) is 0 Å². The second kappa shape index (κ2) is 5.27. The van der Waals surface area contributed by atoms with E-state index in [0.29, 0.717) is 0 Å². The minimum absolute atomic E-state index is 0.181. The quantitative estimate of drug-likeness (QED) is 0.275. The summed E-state index contributed by atoms with van der Waals surface area (Å²) in [5.41, 5.74) is -0.181. The van der Waals surface area contributed by atoms with Gasteiger partial charge < -0.3 is 0 Å². The minimum atomic E-state index is -0.181. The first-order valence-electron chi connectivity index (χ1n) is 3.80. The molecule has 0 aliphatic rings. The fourth-order valence-corrected chi connectivity index (χ4v) is 0.183. The Morgan fingerprint density at radius 1 is 1.40 bits per heavy atom. The highest BCUT2D eigenvalue weighted by Crippen LogP contribution is 2.09. The van der Waals surface area contributed by atoms with E-state index in [2.05, 4.69) is 6.72 Å². The van der Waals surface area contributed by atoms with Gasteiger partial charge in [0.05, 0.1) is 0 Å². The molecule has 62 valence electrons. The summed E-state index contributed by atoms with van der Waals surface area (Å²) in [4.78, 5) is 0. The second-order valence-corrected chi connectivity index (χ2v) is 2.57. The summed E-state index contributed by atoms with van der Waals surface area (Å²) in [6.07, 6.45) is 0.896. The van der Waals surface area contributed by atoms with E-state index in [1.165, 1.54) is 0 Å². The van der Waals surface area contributed by atoms with Crippen molar-refractivity contribution in [3.05, 3.63) is 0 Å². The van der Waals surface area contributed by atoms with Gasteiger partial charge in [0.15, 0.2) is 6.72 Å². The van der Waals surface area contributed by atoms with E-state index < -0.39 is 0 Å². The molecule has 2 nitrogen and oxygen atoms in total. The molecule has 0 amide bonds. The van der Waals surface area contributed by atoms with Crippen LogP contribution in [0.25, 0.3) is 0 Å². The van der Waals surface area contributed by atoms with Gasteiger partial charge in [-0.05, 0) is 4.74 Å². The highest BCUT2D eigenvalue weighted by molar-refractivity contribution is 5.14. The Bertz CT molecular complexity index is 97.4. The molecule has 0 aromatic carbocycles. The van der Waals surface area contributed by atoms with Gasteiger partial charge in [0.1, 0.15) is 0 Å². The van der Waals surface area contributed by atoms with Crippen LogP contribution in [0.3, 0.4) is 0 Å². The monoisotopic (exact) mass is 146 g/mol. The molecule has 0 aromatic heterocycles. The Balaban J connectivity index is 0. The zero-order valence-electron chi connectivity index (χ0n) is 7.81. The van der Waals surface area contributed by atoms with Crippen LogP contribution >= 0.6 is 0 Å². The van der Waals surface area contributed by atoms with Gasteiger partial charge in [-0.15, -0.1) is 0 Å². The van der Waals surface area contributed by atoms with Gasteiger partial charge >= 0.3 is 0 Å².